The number of esters is 2. The number of benzene rings is 2. The van der Waals surface area contributed by atoms with Gasteiger partial charge in [0.2, 0.25) is 0 Å². The van der Waals surface area contributed by atoms with Crippen LogP contribution in [0, 0.1) is 0 Å². The molecule has 0 aromatic heterocycles. The molecular formula is C36H48O8Sn. The number of hydrogen-bond donors (Lipinski definition) is 0. The van der Waals surface area contributed by atoms with E-state index in [2.05, 4.69) is 74.5 Å². The van der Waals surface area contributed by atoms with Gasteiger partial charge in [0.15, 0.2) is 0 Å². The number of aliphatic carboxylic acids is 2. The van der Waals surface area contributed by atoms with Crippen molar-refractivity contribution in [2.24, 2.45) is 0 Å². The molecule has 9 heteroatoms. The van der Waals surface area contributed by atoms with Crippen molar-refractivity contribution in [3.05, 3.63) is 85.0 Å². The van der Waals surface area contributed by atoms with Crippen LogP contribution in [0.3, 0.4) is 0 Å². The first-order valence-electron chi connectivity index (χ1n) is 15.8. The van der Waals surface area contributed by atoms with Gasteiger partial charge in [-0.15, -0.1) is 0 Å². The molecule has 0 saturated heterocycles. The summed E-state index contributed by atoms with van der Waals surface area (Å²) in [5.74, 6) is -4.04. The fourth-order valence-corrected chi connectivity index (χ4v) is 6.69. The van der Waals surface area contributed by atoms with Gasteiger partial charge >= 0.3 is 101 Å². The summed E-state index contributed by atoms with van der Waals surface area (Å²) in [4.78, 5) is 41.7. The Balaban J connectivity index is 0.000000648. The Hall–Kier alpha value is -3.40. The quantitative estimate of drug-likeness (QED) is 0.0873. The Labute approximate surface area is 279 Å². The number of unbranched alkanes of at least 4 members (excludes halogenated alkanes) is 10. The van der Waals surface area contributed by atoms with E-state index < -0.39 is 45.0 Å². The van der Waals surface area contributed by atoms with E-state index in [4.69, 9.17) is 9.47 Å². The van der Waals surface area contributed by atoms with Gasteiger partial charge in [-0.3, -0.25) is 0 Å². The van der Waals surface area contributed by atoms with Crippen molar-refractivity contribution >= 4 is 52.2 Å². The molecule has 0 atom stereocenters. The number of hydrogen-bond acceptors (Lipinski definition) is 8. The van der Waals surface area contributed by atoms with Gasteiger partial charge in [-0.1, -0.05) is 78.1 Å². The van der Waals surface area contributed by atoms with Crippen LogP contribution in [-0.2, 0) is 28.7 Å². The molecule has 0 spiro atoms. The molecular weight excluding hydrogens is 679 g/mol. The monoisotopic (exact) mass is 728 g/mol. The second-order valence-electron chi connectivity index (χ2n) is 10.0. The number of carbonyl (C=O) groups excluding carboxylic acids is 4. The number of ether oxygens (including phenoxy) is 2. The molecule has 2 aromatic carbocycles. The standard InChI is InChI=1S/2C12H20O4.2C6H5.Sn/c2*1-2-3-4-5-6-7-10-16-12(15)9-8-11(13)14;2*1-2-4-6-5-3-1;/h2*8-9H,2-7,10H2,1H3,(H,13,14);2*1-5H;/q;;;;+2/p-2/b2*9-8-;;;. The van der Waals surface area contributed by atoms with E-state index in [1.54, 1.807) is 0 Å². The van der Waals surface area contributed by atoms with E-state index in [0.717, 1.165) is 50.7 Å². The molecule has 0 heterocycles. The maximum atomic E-state index is 10.9. The zero-order chi connectivity index (χ0) is 33.4. The summed E-state index contributed by atoms with van der Waals surface area (Å²) in [6.45, 7) is 5.02. The van der Waals surface area contributed by atoms with E-state index in [9.17, 15) is 29.4 Å². The number of rotatable bonds is 20. The van der Waals surface area contributed by atoms with E-state index in [1.165, 1.54) is 45.7 Å². The van der Waals surface area contributed by atoms with Crippen LogP contribution in [0.1, 0.15) is 90.9 Å². The normalized spacial score (nSPS) is 10.2. The molecule has 45 heavy (non-hydrogen) atoms. The zero-order valence-corrected chi connectivity index (χ0v) is 29.6. The zero-order valence-electron chi connectivity index (χ0n) is 26.7. The average Bonchev–Trinajstić information content (AvgIpc) is 3.03. The molecule has 2 rings (SSSR count). The van der Waals surface area contributed by atoms with Crippen molar-refractivity contribution in [1.82, 2.24) is 0 Å². The molecule has 0 radical (unpaired) electrons. The number of carboxylic acid groups (broad SMARTS) is 2. The van der Waals surface area contributed by atoms with Crippen molar-refractivity contribution in [3.8, 4) is 0 Å². The van der Waals surface area contributed by atoms with E-state index in [-0.39, 0.29) is 0 Å². The Bertz CT molecular complexity index is 1010. The summed E-state index contributed by atoms with van der Waals surface area (Å²) in [6, 6.07) is 21.6. The third kappa shape index (κ3) is 30.4. The van der Waals surface area contributed by atoms with Crippen LogP contribution in [0.2, 0.25) is 0 Å². The van der Waals surface area contributed by atoms with Crippen LogP contribution in [0.15, 0.2) is 85.0 Å². The average molecular weight is 727 g/mol. The van der Waals surface area contributed by atoms with Gasteiger partial charge in [0.1, 0.15) is 0 Å². The van der Waals surface area contributed by atoms with Gasteiger partial charge in [0.05, 0.1) is 25.2 Å². The molecule has 0 N–H and O–H groups in total. The van der Waals surface area contributed by atoms with Crippen molar-refractivity contribution < 1.29 is 38.9 Å². The van der Waals surface area contributed by atoms with E-state index in [0.29, 0.717) is 25.4 Å². The van der Waals surface area contributed by atoms with Gasteiger partial charge in [-0.05, 0) is 25.0 Å². The molecule has 0 unspecified atom stereocenters. The first kappa shape index (κ1) is 41.6. The van der Waals surface area contributed by atoms with Gasteiger partial charge in [-0.25, -0.2) is 9.59 Å². The fourth-order valence-electron chi connectivity index (χ4n) is 3.69. The minimum absolute atomic E-state index is 0.350. The summed E-state index contributed by atoms with van der Waals surface area (Å²) >= 11 is -0.517. The summed E-state index contributed by atoms with van der Waals surface area (Å²) in [5.41, 5.74) is 0. The molecule has 8 nitrogen and oxygen atoms in total. The predicted molar refractivity (Wildman–Crippen MR) is 175 cm³/mol. The minimum atomic E-state index is -1.39. The van der Waals surface area contributed by atoms with Gasteiger partial charge in [0.25, 0.3) is 0 Å². The van der Waals surface area contributed by atoms with Crippen molar-refractivity contribution in [2.45, 2.75) is 90.9 Å². The van der Waals surface area contributed by atoms with Crippen LogP contribution in [-0.4, -0.2) is 58.2 Å². The third-order valence-electron chi connectivity index (χ3n) is 6.03. The summed E-state index contributed by atoms with van der Waals surface area (Å²) in [6.07, 6.45) is 16.5. The Morgan fingerprint density at radius 3 is 1.20 bits per heavy atom. The fraction of sp³-hybridized carbons (Fsp3) is 0.444. The van der Waals surface area contributed by atoms with Crippen LogP contribution >= 0.6 is 0 Å². The molecule has 0 saturated carbocycles. The SMILES string of the molecule is CCCCCCCCOC(=O)/C=C\C(=O)[O-].CCCCCCCCOC(=O)/C=C\C(=O)[O-].c1cc[c]([Sn+2][c]2ccccc2)cc1. The molecule has 0 aliphatic carbocycles. The summed E-state index contributed by atoms with van der Waals surface area (Å²) in [5, 5.41) is 19.9. The first-order chi connectivity index (χ1) is 21.8. The van der Waals surface area contributed by atoms with Crippen LogP contribution in [0.5, 0.6) is 0 Å². The molecule has 0 aliphatic rings. The summed E-state index contributed by atoms with van der Waals surface area (Å²) in [7, 11) is 0. The van der Waals surface area contributed by atoms with E-state index in [1.807, 2.05) is 0 Å². The van der Waals surface area contributed by atoms with Crippen molar-refractivity contribution in [1.29, 1.82) is 0 Å². The molecule has 0 fully saturated rings. The van der Waals surface area contributed by atoms with Gasteiger partial charge < -0.3 is 29.3 Å². The van der Waals surface area contributed by atoms with Crippen LogP contribution in [0.4, 0.5) is 0 Å². The topological polar surface area (TPSA) is 133 Å². The summed E-state index contributed by atoms with van der Waals surface area (Å²) < 4.78 is 12.6. The van der Waals surface area contributed by atoms with Crippen LogP contribution < -0.4 is 17.4 Å². The van der Waals surface area contributed by atoms with Crippen molar-refractivity contribution in [2.75, 3.05) is 13.2 Å². The molecule has 0 amide bonds. The molecule has 2 aromatic rings. The second kappa shape index (κ2) is 30.6. The van der Waals surface area contributed by atoms with Crippen molar-refractivity contribution in [3.63, 3.8) is 0 Å². The molecule has 244 valence electrons. The van der Waals surface area contributed by atoms with Crippen LogP contribution in [0.25, 0.3) is 0 Å². The first-order valence-corrected chi connectivity index (χ1v) is 18.6. The van der Waals surface area contributed by atoms with E-state index >= 15 is 0 Å². The second-order valence-corrected chi connectivity index (χ2v) is 14.0. The molecule has 0 aliphatic heterocycles. The third-order valence-corrected chi connectivity index (χ3v) is 9.58. The predicted octanol–water partition coefficient (Wildman–Crippen LogP) is 3.73. The molecule has 0 bridgehead atoms. The Morgan fingerprint density at radius 2 is 0.867 bits per heavy atom. The Kier molecular flexibility index (Phi) is 28.3. The number of carbonyl (C=O) groups is 4. The van der Waals surface area contributed by atoms with Gasteiger partial charge in [-0.2, -0.15) is 0 Å². The Morgan fingerprint density at radius 1 is 0.533 bits per heavy atom. The maximum absolute atomic E-state index is 10.9. The number of carboxylic acids is 2. The van der Waals surface area contributed by atoms with Gasteiger partial charge in [0, 0.05) is 12.2 Å².